The van der Waals surface area contributed by atoms with Crippen molar-refractivity contribution in [2.75, 3.05) is 46.8 Å². The SMILES string of the molecule is COCCN(CCOC)C(=O)c1cccc(CS(C)=O)c1. The number of hydrogen-bond donors (Lipinski definition) is 0. The molecule has 1 unspecified atom stereocenters. The minimum atomic E-state index is -0.923. The van der Waals surface area contributed by atoms with Crippen LogP contribution in [-0.4, -0.2) is 61.8 Å². The zero-order chi connectivity index (χ0) is 15.7. The summed E-state index contributed by atoms with van der Waals surface area (Å²) in [5.74, 6) is 0.393. The van der Waals surface area contributed by atoms with Crippen LogP contribution in [0.25, 0.3) is 0 Å². The molecule has 0 bridgehead atoms. The van der Waals surface area contributed by atoms with Crippen LogP contribution in [0.15, 0.2) is 24.3 Å². The number of ether oxygens (including phenoxy) is 2. The Bertz CT molecular complexity index is 470. The smallest absolute Gasteiger partial charge is 0.254 e. The lowest BCUT2D eigenvalue weighted by molar-refractivity contribution is 0.0627. The molecule has 0 fully saturated rings. The van der Waals surface area contributed by atoms with Gasteiger partial charge in [-0.25, -0.2) is 0 Å². The lowest BCUT2D eigenvalue weighted by Crippen LogP contribution is -2.36. The fourth-order valence-corrected chi connectivity index (χ4v) is 2.58. The molecule has 1 atom stereocenters. The lowest BCUT2D eigenvalue weighted by Gasteiger charge is -2.22. The Morgan fingerprint density at radius 2 is 1.81 bits per heavy atom. The molecule has 1 amide bonds. The summed E-state index contributed by atoms with van der Waals surface area (Å²) in [5.41, 5.74) is 1.50. The molecular weight excluding hydrogens is 290 g/mol. The van der Waals surface area contributed by atoms with Gasteiger partial charge >= 0.3 is 0 Å². The van der Waals surface area contributed by atoms with Crippen molar-refractivity contribution in [1.82, 2.24) is 4.90 Å². The molecule has 5 nitrogen and oxygen atoms in total. The van der Waals surface area contributed by atoms with Crippen molar-refractivity contribution in [3.05, 3.63) is 35.4 Å². The van der Waals surface area contributed by atoms with Crippen LogP contribution in [0.3, 0.4) is 0 Å². The zero-order valence-corrected chi connectivity index (χ0v) is 13.6. The maximum Gasteiger partial charge on any atom is 0.254 e. The Labute approximate surface area is 128 Å². The van der Waals surface area contributed by atoms with Gasteiger partial charge in [0, 0.05) is 55.7 Å². The Morgan fingerprint density at radius 1 is 1.19 bits per heavy atom. The fraction of sp³-hybridized carbons (Fsp3) is 0.533. The highest BCUT2D eigenvalue weighted by molar-refractivity contribution is 7.83. The van der Waals surface area contributed by atoms with Gasteiger partial charge in [0.15, 0.2) is 0 Å². The Kier molecular flexibility index (Phi) is 8.19. The van der Waals surface area contributed by atoms with E-state index in [1.165, 1.54) is 0 Å². The summed E-state index contributed by atoms with van der Waals surface area (Å²) in [5, 5.41) is 0. The molecule has 0 radical (unpaired) electrons. The van der Waals surface area contributed by atoms with Gasteiger partial charge in [-0.3, -0.25) is 9.00 Å². The number of hydrogen-bond acceptors (Lipinski definition) is 4. The van der Waals surface area contributed by atoms with E-state index in [4.69, 9.17) is 9.47 Å². The largest absolute Gasteiger partial charge is 0.383 e. The van der Waals surface area contributed by atoms with Crippen molar-refractivity contribution in [3.63, 3.8) is 0 Å². The van der Waals surface area contributed by atoms with Gasteiger partial charge in [-0.05, 0) is 17.7 Å². The number of rotatable bonds is 9. The number of nitrogens with zero attached hydrogens (tertiary/aromatic N) is 1. The first-order valence-electron chi connectivity index (χ1n) is 6.74. The lowest BCUT2D eigenvalue weighted by atomic mass is 10.1. The van der Waals surface area contributed by atoms with Crippen molar-refractivity contribution in [2.24, 2.45) is 0 Å². The predicted molar refractivity (Wildman–Crippen MR) is 83.9 cm³/mol. The minimum Gasteiger partial charge on any atom is -0.383 e. The van der Waals surface area contributed by atoms with E-state index in [0.29, 0.717) is 37.6 Å². The molecule has 0 aliphatic rings. The molecule has 1 aromatic carbocycles. The van der Waals surface area contributed by atoms with E-state index in [2.05, 4.69) is 0 Å². The fourth-order valence-electron chi connectivity index (χ4n) is 1.93. The number of carbonyl (C=O) groups is 1. The van der Waals surface area contributed by atoms with E-state index in [0.717, 1.165) is 5.56 Å². The number of benzene rings is 1. The second kappa shape index (κ2) is 9.65. The minimum absolute atomic E-state index is 0.0622. The summed E-state index contributed by atoms with van der Waals surface area (Å²) >= 11 is 0. The topological polar surface area (TPSA) is 55.8 Å². The molecule has 0 aliphatic carbocycles. The third-order valence-corrected chi connectivity index (χ3v) is 3.70. The summed E-state index contributed by atoms with van der Waals surface area (Å²) in [4.78, 5) is 14.2. The van der Waals surface area contributed by atoms with Crippen LogP contribution in [0.2, 0.25) is 0 Å². The van der Waals surface area contributed by atoms with Gasteiger partial charge in [0.25, 0.3) is 5.91 Å². The molecule has 0 N–H and O–H groups in total. The van der Waals surface area contributed by atoms with Crippen molar-refractivity contribution in [3.8, 4) is 0 Å². The van der Waals surface area contributed by atoms with Gasteiger partial charge in [0.2, 0.25) is 0 Å². The molecule has 0 saturated heterocycles. The van der Waals surface area contributed by atoms with Crippen molar-refractivity contribution < 1.29 is 18.5 Å². The van der Waals surface area contributed by atoms with Crippen LogP contribution >= 0.6 is 0 Å². The van der Waals surface area contributed by atoms with Gasteiger partial charge in [-0.2, -0.15) is 0 Å². The molecule has 21 heavy (non-hydrogen) atoms. The van der Waals surface area contributed by atoms with Gasteiger partial charge in [0.05, 0.1) is 13.2 Å². The summed E-state index contributed by atoms with van der Waals surface area (Å²) in [7, 11) is 2.29. The van der Waals surface area contributed by atoms with Crippen LogP contribution in [0, 0.1) is 0 Å². The molecular formula is C15H23NO4S. The molecule has 0 aromatic heterocycles. The first-order chi connectivity index (χ1) is 10.1. The monoisotopic (exact) mass is 313 g/mol. The zero-order valence-electron chi connectivity index (χ0n) is 12.8. The molecule has 0 aliphatic heterocycles. The first kappa shape index (κ1) is 17.8. The number of methoxy groups -OCH3 is 2. The van der Waals surface area contributed by atoms with E-state index >= 15 is 0 Å². The molecule has 0 heterocycles. The van der Waals surface area contributed by atoms with Crippen LogP contribution in [-0.2, 0) is 26.0 Å². The second-order valence-corrected chi connectivity index (χ2v) is 6.13. The Balaban J connectivity index is 2.83. The van der Waals surface area contributed by atoms with Gasteiger partial charge in [-0.1, -0.05) is 12.1 Å². The van der Waals surface area contributed by atoms with Crippen molar-refractivity contribution in [2.45, 2.75) is 5.75 Å². The molecule has 6 heteroatoms. The van der Waals surface area contributed by atoms with Crippen LogP contribution in [0.4, 0.5) is 0 Å². The first-order valence-corrected chi connectivity index (χ1v) is 8.47. The average molecular weight is 313 g/mol. The predicted octanol–water partition coefficient (Wildman–Crippen LogP) is 1.30. The summed E-state index contributed by atoms with van der Waals surface area (Å²) in [6.07, 6.45) is 1.65. The van der Waals surface area contributed by atoms with E-state index in [-0.39, 0.29) is 5.91 Å². The van der Waals surface area contributed by atoms with Crippen molar-refractivity contribution >= 4 is 16.7 Å². The van der Waals surface area contributed by atoms with Gasteiger partial charge in [-0.15, -0.1) is 0 Å². The molecule has 0 spiro atoms. The molecule has 118 valence electrons. The normalized spacial score (nSPS) is 12.1. The molecule has 1 aromatic rings. The van der Waals surface area contributed by atoms with E-state index in [9.17, 15) is 9.00 Å². The molecule has 1 rings (SSSR count). The van der Waals surface area contributed by atoms with Crippen LogP contribution in [0.5, 0.6) is 0 Å². The van der Waals surface area contributed by atoms with Gasteiger partial charge in [0.1, 0.15) is 0 Å². The van der Waals surface area contributed by atoms with Crippen molar-refractivity contribution in [1.29, 1.82) is 0 Å². The highest BCUT2D eigenvalue weighted by Gasteiger charge is 2.15. The Morgan fingerprint density at radius 3 is 2.33 bits per heavy atom. The van der Waals surface area contributed by atoms with Crippen LogP contribution < -0.4 is 0 Å². The third kappa shape index (κ3) is 6.37. The Hall–Kier alpha value is -1.24. The summed E-state index contributed by atoms with van der Waals surface area (Å²) in [6.45, 7) is 1.99. The maximum absolute atomic E-state index is 12.5. The van der Waals surface area contributed by atoms with E-state index in [1.54, 1.807) is 37.5 Å². The highest BCUT2D eigenvalue weighted by Crippen LogP contribution is 2.10. The summed E-state index contributed by atoms with van der Waals surface area (Å²) in [6, 6.07) is 7.28. The van der Waals surface area contributed by atoms with Gasteiger partial charge < -0.3 is 14.4 Å². The average Bonchev–Trinajstić information content (AvgIpc) is 2.46. The molecule has 0 saturated carbocycles. The quantitative estimate of drug-likeness (QED) is 0.689. The number of carbonyl (C=O) groups excluding carboxylic acids is 1. The highest BCUT2D eigenvalue weighted by atomic mass is 32.2. The van der Waals surface area contributed by atoms with E-state index < -0.39 is 10.8 Å². The maximum atomic E-state index is 12.5. The number of amides is 1. The second-order valence-electron chi connectivity index (χ2n) is 4.70. The van der Waals surface area contributed by atoms with Crippen LogP contribution in [0.1, 0.15) is 15.9 Å². The third-order valence-electron chi connectivity index (χ3n) is 2.96. The summed E-state index contributed by atoms with van der Waals surface area (Å²) < 4.78 is 21.4. The van der Waals surface area contributed by atoms with E-state index in [1.807, 2.05) is 12.1 Å². The standard InChI is InChI=1S/C15H23NO4S/c1-19-9-7-16(8-10-20-2)15(17)14-6-4-5-13(11-14)12-21(3)18/h4-6,11H,7-10,12H2,1-3H3.